The molecule has 0 saturated carbocycles. The van der Waals surface area contributed by atoms with E-state index < -0.39 is 0 Å². The van der Waals surface area contributed by atoms with Crippen molar-refractivity contribution in [3.8, 4) is 0 Å². The monoisotopic (exact) mass is 236 g/mol. The number of benzene rings is 1. The highest BCUT2D eigenvalue weighted by Gasteiger charge is 2.15. The van der Waals surface area contributed by atoms with Crippen LogP contribution >= 0.6 is 0 Å². The molecule has 4 heteroatoms. The number of nitro benzene ring substituents is 1. The molecule has 0 aliphatic carbocycles. The van der Waals surface area contributed by atoms with Gasteiger partial charge in [0.25, 0.3) is 5.69 Å². The third kappa shape index (κ3) is 4.15. The molecule has 0 aliphatic heterocycles. The molecule has 0 fully saturated rings. The van der Waals surface area contributed by atoms with E-state index in [1.54, 1.807) is 12.1 Å². The number of rotatable bonds is 6. The van der Waals surface area contributed by atoms with Crippen molar-refractivity contribution in [2.24, 2.45) is 0 Å². The summed E-state index contributed by atoms with van der Waals surface area (Å²) in [4.78, 5) is 10.6. The Morgan fingerprint density at radius 1 is 1.47 bits per heavy atom. The fraction of sp³-hybridized carbons (Fsp3) is 0.538. The zero-order chi connectivity index (χ0) is 12.8. The van der Waals surface area contributed by atoms with E-state index in [9.17, 15) is 10.1 Å². The van der Waals surface area contributed by atoms with Gasteiger partial charge in [0.15, 0.2) is 0 Å². The van der Waals surface area contributed by atoms with Gasteiger partial charge in [-0.05, 0) is 39.3 Å². The fourth-order valence-electron chi connectivity index (χ4n) is 1.85. The van der Waals surface area contributed by atoms with Crippen molar-refractivity contribution in [1.29, 1.82) is 0 Å². The Hall–Kier alpha value is -1.42. The molecule has 1 rings (SSSR count). The van der Waals surface area contributed by atoms with Gasteiger partial charge in [0.2, 0.25) is 0 Å². The van der Waals surface area contributed by atoms with Gasteiger partial charge in [0, 0.05) is 17.7 Å². The standard InChI is InChI=1S/C13H20N2O2/c1-4-7-14-11(3)9-12-8-10(2)5-6-13(12)15(16)17/h5-6,8,11,14H,4,7,9H2,1-3H3. The van der Waals surface area contributed by atoms with E-state index in [1.807, 2.05) is 13.0 Å². The Bertz CT molecular complexity index is 391. The summed E-state index contributed by atoms with van der Waals surface area (Å²) in [7, 11) is 0. The molecule has 0 saturated heterocycles. The Morgan fingerprint density at radius 2 is 2.18 bits per heavy atom. The second kappa shape index (κ2) is 6.35. The fourth-order valence-corrected chi connectivity index (χ4v) is 1.85. The lowest BCUT2D eigenvalue weighted by Crippen LogP contribution is -2.28. The quantitative estimate of drug-likeness (QED) is 0.610. The van der Waals surface area contributed by atoms with E-state index in [1.165, 1.54) is 0 Å². The number of nitrogens with zero attached hydrogens (tertiary/aromatic N) is 1. The van der Waals surface area contributed by atoms with Crippen molar-refractivity contribution in [1.82, 2.24) is 5.32 Å². The van der Waals surface area contributed by atoms with Crippen molar-refractivity contribution in [2.45, 2.75) is 39.7 Å². The maximum Gasteiger partial charge on any atom is 0.272 e. The minimum Gasteiger partial charge on any atom is -0.314 e. The predicted octanol–water partition coefficient (Wildman–Crippen LogP) is 2.83. The van der Waals surface area contributed by atoms with Crippen LogP contribution in [0.2, 0.25) is 0 Å². The molecule has 0 radical (unpaired) electrons. The summed E-state index contributed by atoms with van der Waals surface area (Å²) in [5, 5.41) is 14.3. The SMILES string of the molecule is CCCNC(C)Cc1cc(C)ccc1[N+](=O)[O-]. The predicted molar refractivity (Wildman–Crippen MR) is 69.3 cm³/mol. The van der Waals surface area contributed by atoms with Crippen LogP contribution in [0.4, 0.5) is 5.69 Å². The van der Waals surface area contributed by atoms with Crippen molar-refractivity contribution in [2.75, 3.05) is 6.54 Å². The van der Waals surface area contributed by atoms with Crippen LogP contribution in [-0.2, 0) is 6.42 Å². The number of hydrogen-bond donors (Lipinski definition) is 1. The second-order valence-corrected chi connectivity index (χ2v) is 4.45. The lowest BCUT2D eigenvalue weighted by molar-refractivity contribution is -0.385. The lowest BCUT2D eigenvalue weighted by atomic mass is 10.0. The molecule has 17 heavy (non-hydrogen) atoms. The van der Waals surface area contributed by atoms with Crippen LogP contribution in [0, 0.1) is 17.0 Å². The van der Waals surface area contributed by atoms with Gasteiger partial charge < -0.3 is 5.32 Å². The third-order valence-corrected chi connectivity index (χ3v) is 2.70. The number of nitrogens with one attached hydrogen (secondary N) is 1. The minimum absolute atomic E-state index is 0.223. The van der Waals surface area contributed by atoms with Gasteiger partial charge in [-0.2, -0.15) is 0 Å². The molecule has 0 spiro atoms. The lowest BCUT2D eigenvalue weighted by Gasteiger charge is -2.13. The first-order valence-corrected chi connectivity index (χ1v) is 6.02. The largest absolute Gasteiger partial charge is 0.314 e. The van der Waals surface area contributed by atoms with E-state index in [0.717, 1.165) is 24.1 Å². The van der Waals surface area contributed by atoms with E-state index in [-0.39, 0.29) is 16.7 Å². The molecule has 94 valence electrons. The average Bonchev–Trinajstić information content (AvgIpc) is 2.26. The maximum atomic E-state index is 10.9. The highest BCUT2D eigenvalue weighted by atomic mass is 16.6. The number of aryl methyl sites for hydroxylation is 1. The Labute approximate surface area is 102 Å². The molecule has 1 N–H and O–H groups in total. The molecule has 1 aromatic rings. The average molecular weight is 236 g/mol. The minimum atomic E-state index is -0.304. The van der Waals surface area contributed by atoms with Crippen molar-refractivity contribution >= 4 is 5.69 Å². The summed E-state index contributed by atoms with van der Waals surface area (Å²) < 4.78 is 0. The summed E-state index contributed by atoms with van der Waals surface area (Å²) >= 11 is 0. The highest BCUT2D eigenvalue weighted by Crippen LogP contribution is 2.21. The second-order valence-electron chi connectivity index (χ2n) is 4.45. The van der Waals surface area contributed by atoms with E-state index >= 15 is 0 Å². The molecule has 0 amide bonds. The van der Waals surface area contributed by atoms with Crippen LogP contribution in [0.5, 0.6) is 0 Å². The molecule has 0 aromatic heterocycles. The highest BCUT2D eigenvalue weighted by molar-refractivity contribution is 5.43. The molecule has 1 aromatic carbocycles. The molecule has 0 bridgehead atoms. The molecule has 0 heterocycles. The Balaban J connectivity index is 2.81. The Kier molecular flexibility index (Phi) is 5.10. The van der Waals surface area contributed by atoms with Crippen molar-refractivity contribution < 1.29 is 4.92 Å². The first kappa shape index (κ1) is 13.6. The summed E-state index contributed by atoms with van der Waals surface area (Å²) in [6.45, 7) is 7.06. The smallest absolute Gasteiger partial charge is 0.272 e. The van der Waals surface area contributed by atoms with Gasteiger partial charge in [-0.15, -0.1) is 0 Å². The first-order chi connectivity index (χ1) is 8.04. The molecule has 4 nitrogen and oxygen atoms in total. The third-order valence-electron chi connectivity index (χ3n) is 2.70. The van der Waals surface area contributed by atoms with Gasteiger partial charge in [0.1, 0.15) is 0 Å². The molecular formula is C13H20N2O2. The van der Waals surface area contributed by atoms with Crippen molar-refractivity contribution in [3.63, 3.8) is 0 Å². The van der Waals surface area contributed by atoms with Crippen molar-refractivity contribution in [3.05, 3.63) is 39.4 Å². The van der Waals surface area contributed by atoms with E-state index in [2.05, 4.69) is 19.2 Å². The van der Waals surface area contributed by atoms with Gasteiger partial charge in [-0.3, -0.25) is 10.1 Å². The normalized spacial score (nSPS) is 12.4. The van der Waals surface area contributed by atoms with Crippen LogP contribution in [0.25, 0.3) is 0 Å². The van der Waals surface area contributed by atoms with Crippen LogP contribution in [0.3, 0.4) is 0 Å². The summed E-state index contributed by atoms with van der Waals surface area (Å²) in [6, 6.07) is 5.54. The molecule has 1 atom stereocenters. The summed E-state index contributed by atoms with van der Waals surface area (Å²) in [5.74, 6) is 0. The summed E-state index contributed by atoms with van der Waals surface area (Å²) in [6.07, 6.45) is 1.76. The van der Waals surface area contributed by atoms with E-state index in [0.29, 0.717) is 6.42 Å². The van der Waals surface area contributed by atoms with E-state index in [4.69, 9.17) is 0 Å². The van der Waals surface area contributed by atoms with Crippen LogP contribution in [0.1, 0.15) is 31.4 Å². The topological polar surface area (TPSA) is 55.2 Å². The molecule has 0 aliphatic rings. The van der Waals surface area contributed by atoms with Gasteiger partial charge in [0.05, 0.1) is 4.92 Å². The zero-order valence-electron chi connectivity index (χ0n) is 10.7. The van der Waals surface area contributed by atoms with Gasteiger partial charge in [-0.1, -0.05) is 18.6 Å². The van der Waals surface area contributed by atoms with Gasteiger partial charge in [-0.25, -0.2) is 0 Å². The number of hydrogen-bond acceptors (Lipinski definition) is 3. The molecular weight excluding hydrogens is 216 g/mol. The Morgan fingerprint density at radius 3 is 2.76 bits per heavy atom. The first-order valence-electron chi connectivity index (χ1n) is 6.02. The van der Waals surface area contributed by atoms with Crippen LogP contribution < -0.4 is 5.32 Å². The number of nitro groups is 1. The maximum absolute atomic E-state index is 10.9. The molecule has 1 unspecified atom stereocenters. The van der Waals surface area contributed by atoms with Crippen LogP contribution in [0.15, 0.2) is 18.2 Å². The van der Waals surface area contributed by atoms with Crippen LogP contribution in [-0.4, -0.2) is 17.5 Å². The summed E-state index contributed by atoms with van der Waals surface area (Å²) in [5.41, 5.74) is 2.10. The van der Waals surface area contributed by atoms with Gasteiger partial charge >= 0.3 is 0 Å². The zero-order valence-corrected chi connectivity index (χ0v) is 10.7.